The van der Waals surface area contributed by atoms with Crippen molar-refractivity contribution < 1.29 is 0 Å². The third kappa shape index (κ3) is 3.15. The van der Waals surface area contributed by atoms with E-state index in [-0.39, 0.29) is 0 Å². The number of rotatable bonds is 4. The Morgan fingerprint density at radius 3 is 2.78 bits per heavy atom. The van der Waals surface area contributed by atoms with Gasteiger partial charge in [0.15, 0.2) is 0 Å². The average Bonchev–Trinajstić information content (AvgIpc) is 2.38. The summed E-state index contributed by atoms with van der Waals surface area (Å²) >= 11 is 6.41. The van der Waals surface area contributed by atoms with Gasteiger partial charge >= 0.3 is 0 Å². The van der Waals surface area contributed by atoms with Crippen LogP contribution in [-0.2, 0) is 0 Å². The van der Waals surface area contributed by atoms with Gasteiger partial charge in [0.25, 0.3) is 0 Å². The Hall–Kier alpha value is -0.790. The van der Waals surface area contributed by atoms with Crippen LogP contribution in [0.5, 0.6) is 0 Å². The fraction of sp³-hybridized carbons (Fsp3) is 0.500. The van der Waals surface area contributed by atoms with E-state index < -0.39 is 0 Å². The highest BCUT2D eigenvalue weighted by atomic mass is 35.5. The molecule has 1 unspecified atom stereocenters. The van der Waals surface area contributed by atoms with E-state index in [1.807, 2.05) is 0 Å². The topological polar surface area (TPSA) is 12.0 Å². The molecule has 0 aromatic heterocycles. The number of halogens is 1. The highest BCUT2D eigenvalue weighted by Gasteiger charge is 2.19. The van der Waals surface area contributed by atoms with Crippen molar-refractivity contribution in [1.82, 2.24) is 5.32 Å². The van der Waals surface area contributed by atoms with Crippen molar-refractivity contribution in [1.29, 1.82) is 0 Å². The van der Waals surface area contributed by atoms with Gasteiger partial charge in [0.05, 0.1) is 6.04 Å². The first-order valence-electron chi connectivity index (χ1n) is 6.90. The molecule has 2 rings (SSSR count). The van der Waals surface area contributed by atoms with Crippen LogP contribution in [0.4, 0.5) is 0 Å². The molecule has 0 radical (unpaired) electrons. The third-order valence-corrected chi connectivity index (χ3v) is 3.90. The number of nitrogens with one attached hydrogen (secondary N) is 1. The molecule has 1 aliphatic carbocycles. The number of aryl methyl sites for hydroxylation is 1. The van der Waals surface area contributed by atoms with E-state index >= 15 is 0 Å². The number of likely N-dealkylation sites (N-methyl/N-ethyl adjacent to an activating group) is 1. The minimum Gasteiger partial charge on any atom is -0.307 e. The first kappa shape index (κ1) is 13.6. The van der Waals surface area contributed by atoms with Gasteiger partial charge in [-0.05, 0) is 56.3 Å². The lowest BCUT2D eigenvalue weighted by atomic mass is 9.89. The van der Waals surface area contributed by atoms with Crippen molar-refractivity contribution in [2.75, 3.05) is 6.54 Å². The summed E-state index contributed by atoms with van der Waals surface area (Å²) in [6.45, 7) is 5.20. The van der Waals surface area contributed by atoms with Crippen LogP contribution in [0.1, 0.15) is 49.8 Å². The molecule has 0 spiro atoms. The van der Waals surface area contributed by atoms with Crippen LogP contribution in [0.15, 0.2) is 29.8 Å². The van der Waals surface area contributed by atoms with Crippen LogP contribution < -0.4 is 5.32 Å². The Morgan fingerprint density at radius 1 is 1.33 bits per heavy atom. The van der Waals surface area contributed by atoms with Crippen molar-refractivity contribution in [3.05, 3.63) is 46.0 Å². The molecule has 0 heterocycles. The van der Waals surface area contributed by atoms with Gasteiger partial charge in [0.2, 0.25) is 0 Å². The number of benzene rings is 1. The van der Waals surface area contributed by atoms with Crippen molar-refractivity contribution in [2.24, 2.45) is 0 Å². The maximum atomic E-state index is 6.41. The normalized spacial score (nSPS) is 17.4. The van der Waals surface area contributed by atoms with Crippen molar-refractivity contribution in [3.8, 4) is 0 Å². The molecular formula is C16H22ClN. The number of hydrogen-bond acceptors (Lipinski definition) is 1. The first-order chi connectivity index (χ1) is 8.72. The Labute approximate surface area is 115 Å². The maximum Gasteiger partial charge on any atom is 0.0550 e. The average molecular weight is 264 g/mol. The molecule has 0 saturated heterocycles. The molecule has 2 heteroatoms. The molecule has 0 saturated carbocycles. The number of hydrogen-bond donors (Lipinski definition) is 1. The SMILES string of the molecule is CCNC(C1=CCCCC1)c1ccc(C)cc1Cl. The molecule has 1 aromatic rings. The van der Waals surface area contributed by atoms with Crippen LogP contribution in [0.2, 0.25) is 5.02 Å². The zero-order chi connectivity index (χ0) is 13.0. The highest BCUT2D eigenvalue weighted by molar-refractivity contribution is 6.31. The zero-order valence-corrected chi connectivity index (χ0v) is 12.1. The molecule has 1 N–H and O–H groups in total. The van der Waals surface area contributed by atoms with Gasteiger partial charge in [-0.2, -0.15) is 0 Å². The molecular weight excluding hydrogens is 242 g/mol. The summed E-state index contributed by atoms with van der Waals surface area (Å²) in [6, 6.07) is 6.67. The van der Waals surface area contributed by atoms with Crippen molar-refractivity contribution in [3.63, 3.8) is 0 Å². The van der Waals surface area contributed by atoms with Gasteiger partial charge in [-0.3, -0.25) is 0 Å². The minimum absolute atomic E-state index is 0.295. The van der Waals surface area contributed by atoms with Gasteiger partial charge in [0.1, 0.15) is 0 Å². The summed E-state index contributed by atoms with van der Waals surface area (Å²) in [5.41, 5.74) is 3.95. The highest BCUT2D eigenvalue weighted by Crippen LogP contribution is 2.33. The quantitative estimate of drug-likeness (QED) is 0.770. The molecule has 1 aromatic carbocycles. The van der Waals surface area contributed by atoms with E-state index in [0.29, 0.717) is 6.04 Å². The standard InChI is InChI=1S/C16H22ClN/c1-3-18-16(13-7-5-4-6-8-13)14-10-9-12(2)11-15(14)17/h7,9-11,16,18H,3-6,8H2,1-2H3. The fourth-order valence-corrected chi connectivity index (χ4v) is 2.98. The summed E-state index contributed by atoms with van der Waals surface area (Å²) in [6.07, 6.45) is 7.43. The lowest BCUT2D eigenvalue weighted by molar-refractivity contribution is 0.564. The number of allylic oxidation sites excluding steroid dienone is 1. The van der Waals surface area contributed by atoms with Crippen LogP contribution in [0.25, 0.3) is 0 Å². The predicted octanol–water partition coefficient (Wildman–Crippen LogP) is 4.80. The van der Waals surface area contributed by atoms with Crippen LogP contribution >= 0.6 is 11.6 Å². The third-order valence-electron chi connectivity index (χ3n) is 3.57. The smallest absolute Gasteiger partial charge is 0.0550 e. The molecule has 0 bridgehead atoms. The minimum atomic E-state index is 0.295. The van der Waals surface area contributed by atoms with Crippen LogP contribution in [-0.4, -0.2) is 6.54 Å². The van der Waals surface area contributed by atoms with Gasteiger partial charge in [-0.25, -0.2) is 0 Å². The first-order valence-corrected chi connectivity index (χ1v) is 7.28. The largest absolute Gasteiger partial charge is 0.307 e. The molecule has 1 aliphatic rings. The van der Waals surface area contributed by atoms with Crippen molar-refractivity contribution in [2.45, 2.75) is 45.6 Å². The second kappa shape index (κ2) is 6.40. The molecule has 0 fully saturated rings. The van der Waals surface area contributed by atoms with Gasteiger partial charge in [-0.15, -0.1) is 0 Å². The van der Waals surface area contributed by atoms with E-state index in [2.05, 4.69) is 43.4 Å². The lowest BCUT2D eigenvalue weighted by Gasteiger charge is -2.25. The van der Waals surface area contributed by atoms with E-state index in [1.165, 1.54) is 42.4 Å². The predicted molar refractivity (Wildman–Crippen MR) is 79.2 cm³/mol. The maximum absolute atomic E-state index is 6.41. The van der Waals surface area contributed by atoms with Crippen LogP contribution in [0, 0.1) is 6.92 Å². The second-order valence-electron chi connectivity index (χ2n) is 5.04. The van der Waals surface area contributed by atoms with Gasteiger partial charge in [0, 0.05) is 5.02 Å². The van der Waals surface area contributed by atoms with Crippen LogP contribution in [0.3, 0.4) is 0 Å². The molecule has 1 nitrogen and oxygen atoms in total. The Balaban J connectivity index is 2.31. The van der Waals surface area contributed by atoms with E-state index in [9.17, 15) is 0 Å². The molecule has 18 heavy (non-hydrogen) atoms. The molecule has 98 valence electrons. The van der Waals surface area contributed by atoms with E-state index in [4.69, 9.17) is 11.6 Å². The van der Waals surface area contributed by atoms with Gasteiger partial charge in [-0.1, -0.05) is 42.3 Å². The van der Waals surface area contributed by atoms with E-state index in [0.717, 1.165) is 11.6 Å². The summed E-state index contributed by atoms with van der Waals surface area (Å²) in [7, 11) is 0. The summed E-state index contributed by atoms with van der Waals surface area (Å²) in [5.74, 6) is 0. The summed E-state index contributed by atoms with van der Waals surface area (Å²) < 4.78 is 0. The Morgan fingerprint density at radius 2 is 2.17 bits per heavy atom. The lowest BCUT2D eigenvalue weighted by Crippen LogP contribution is -2.24. The Kier molecular flexibility index (Phi) is 4.85. The van der Waals surface area contributed by atoms with Gasteiger partial charge < -0.3 is 5.32 Å². The summed E-state index contributed by atoms with van der Waals surface area (Å²) in [5, 5.41) is 4.46. The Bertz CT molecular complexity index is 437. The monoisotopic (exact) mass is 263 g/mol. The second-order valence-corrected chi connectivity index (χ2v) is 5.45. The van der Waals surface area contributed by atoms with E-state index in [1.54, 1.807) is 0 Å². The molecule has 0 aliphatic heterocycles. The molecule has 0 amide bonds. The fourth-order valence-electron chi connectivity index (χ4n) is 2.64. The molecule has 1 atom stereocenters. The van der Waals surface area contributed by atoms with Crippen molar-refractivity contribution >= 4 is 11.6 Å². The summed E-state index contributed by atoms with van der Waals surface area (Å²) in [4.78, 5) is 0. The zero-order valence-electron chi connectivity index (χ0n) is 11.3.